The van der Waals surface area contributed by atoms with E-state index in [1.807, 2.05) is 0 Å². The lowest BCUT2D eigenvalue weighted by Gasteiger charge is -1.94. The standard InChI is InChI=1S/C12H10N2O3/c1-17-12(16)10-5-8-7-4-6(15)2-3-9(7)13-11(8)14-10/h2-5,13-15H,1H3. The van der Waals surface area contributed by atoms with Gasteiger partial charge in [0.25, 0.3) is 0 Å². The van der Waals surface area contributed by atoms with Crippen molar-refractivity contribution in [3.63, 3.8) is 0 Å². The molecule has 0 saturated carbocycles. The van der Waals surface area contributed by atoms with Crippen LogP contribution in [0.2, 0.25) is 0 Å². The summed E-state index contributed by atoms with van der Waals surface area (Å²) in [5.74, 6) is -0.220. The maximum Gasteiger partial charge on any atom is 0.354 e. The van der Waals surface area contributed by atoms with Crippen LogP contribution < -0.4 is 0 Å². The summed E-state index contributed by atoms with van der Waals surface area (Å²) >= 11 is 0. The molecule has 86 valence electrons. The van der Waals surface area contributed by atoms with Gasteiger partial charge in [0, 0.05) is 16.3 Å². The molecule has 5 heteroatoms. The van der Waals surface area contributed by atoms with Gasteiger partial charge in [-0.3, -0.25) is 0 Å². The fourth-order valence-electron chi connectivity index (χ4n) is 1.98. The number of carbonyl (C=O) groups excluding carboxylic acids is 1. The van der Waals surface area contributed by atoms with E-state index in [1.54, 1.807) is 24.3 Å². The lowest BCUT2D eigenvalue weighted by molar-refractivity contribution is 0.0595. The molecule has 0 fully saturated rings. The van der Waals surface area contributed by atoms with Crippen LogP contribution in [0.15, 0.2) is 24.3 Å². The lowest BCUT2D eigenvalue weighted by atomic mass is 10.2. The highest BCUT2D eigenvalue weighted by Crippen LogP contribution is 2.28. The smallest absolute Gasteiger partial charge is 0.354 e. The van der Waals surface area contributed by atoms with Crippen molar-refractivity contribution in [3.8, 4) is 5.75 Å². The molecular formula is C12H10N2O3. The number of benzene rings is 1. The average molecular weight is 230 g/mol. The Bertz CT molecular complexity index is 724. The van der Waals surface area contributed by atoms with E-state index in [2.05, 4.69) is 14.7 Å². The quantitative estimate of drug-likeness (QED) is 0.560. The average Bonchev–Trinajstić information content (AvgIpc) is 2.86. The molecular weight excluding hydrogens is 220 g/mol. The predicted molar refractivity (Wildman–Crippen MR) is 63.2 cm³/mol. The van der Waals surface area contributed by atoms with E-state index in [0.717, 1.165) is 21.9 Å². The largest absolute Gasteiger partial charge is 0.508 e. The topological polar surface area (TPSA) is 78.1 Å². The third-order valence-electron chi connectivity index (χ3n) is 2.78. The molecule has 3 aromatic rings. The van der Waals surface area contributed by atoms with E-state index in [-0.39, 0.29) is 5.75 Å². The van der Waals surface area contributed by atoms with Crippen LogP contribution >= 0.6 is 0 Å². The van der Waals surface area contributed by atoms with Crippen molar-refractivity contribution in [2.24, 2.45) is 0 Å². The van der Waals surface area contributed by atoms with Gasteiger partial charge in [-0.05, 0) is 24.3 Å². The third-order valence-corrected chi connectivity index (χ3v) is 2.78. The molecule has 0 aliphatic heterocycles. The highest BCUT2D eigenvalue weighted by atomic mass is 16.5. The fraction of sp³-hybridized carbons (Fsp3) is 0.0833. The number of hydrogen-bond donors (Lipinski definition) is 3. The van der Waals surface area contributed by atoms with Gasteiger partial charge in [0.2, 0.25) is 0 Å². The minimum atomic E-state index is -0.414. The van der Waals surface area contributed by atoms with Gasteiger partial charge in [-0.15, -0.1) is 0 Å². The molecule has 3 rings (SSSR count). The van der Waals surface area contributed by atoms with Crippen molar-refractivity contribution < 1.29 is 14.6 Å². The summed E-state index contributed by atoms with van der Waals surface area (Å²) in [6.07, 6.45) is 0. The van der Waals surface area contributed by atoms with Crippen LogP contribution in [-0.4, -0.2) is 28.2 Å². The Balaban J connectivity index is 2.30. The molecule has 0 amide bonds. The van der Waals surface area contributed by atoms with Gasteiger partial charge in [0.05, 0.1) is 7.11 Å². The van der Waals surface area contributed by atoms with Crippen molar-refractivity contribution in [1.82, 2.24) is 9.97 Å². The molecule has 0 radical (unpaired) electrons. The number of aromatic amines is 2. The number of methoxy groups -OCH3 is 1. The highest BCUT2D eigenvalue weighted by molar-refractivity contribution is 6.09. The van der Waals surface area contributed by atoms with Crippen molar-refractivity contribution >= 4 is 27.9 Å². The molecule has 0 saturated heterocycles. The number of carbonyl (C=O) groups is 1. The minimum absolute atomic E-state index is 0.194. The van der Waals surface area contributed by atoms with Crippen LogP contribution in [-0.2, 0) is 4.74 Å². The Hall–Kier alpha value is -2.43. The molecule has 0 atom stereocenters. The van der Waals surface area contributed by atoms with Crippen LogP contribution in [0.1, 0.15) is 10.5 Å². The van der Waals surface area contributed by atoms with E-state index in [9.17, 15) is 9.90 Å². The lowest BCUT2D eigenvalue weighted by Crippen LogP contribution is -2.00. The molecule has 2 heterocycles. The zero-order valence-electron chi connectivity index (χ0n) is 9.07. The van der Waals surface area contributed by atoms with Crippen molar-refractivity contribution in [2.45, 2.75) is 0 Å². The Morgan fingerprint density at radius 3 is 2.82 bits per heavy atom. The summed E-state index contributed by atoms with van der Waals surface area (Å²) in [5, 5.41) is 11.2. The Morgan fingerprint density at radius 1 is 1.24 bits per heavy atom. The summed E-state index contributed by atoms with van der Waals surface area (Å²) in [7, 11) is 1.33. The number of esters is 1. The number of H-pyrrole nitrogens is 2. The first-order valence-electron chi connectivity index (χ1n) is 5.11. The maximum absolute atomic E-state index is 11.4. The van der Waals surface area contributed by atoms with Crippen LogP contribution in [0, 0.1) is 0 Å². The SMILES string of the molecule is COC(=O)c1cc2c([nH]1)[nH]c1ccc(O)cc12. The Labute approximate surface area is 96.0 Å². The molecule has 2 aromatic heterocycles. The van der Waals surface area contributed by atoms with Gasteiger partial charge >= 0.3 is 5.97 Å². The molecule has 0 spiro atoms. The van der Waals surface area contributed by atoms with E-state index in [4.69, 9.17) is 0 Å². The fourth-order valence-corrected chi connectivity index (χ4v) is 1.98. The predicted octanol–water partition coefficient (Wildman–Crippen LogP) is 2.14. The molecule has 0 aliphatic carbocycles. The summed E-state index contributed by atoms with van der Waals surface area (Å²) in [4.78, 5) is 17.4. The molecule has 0 aliphatic rings. The van der Waals surface area contributed by atoms with Crippen LogP contribution in [0.3, 0.4) is 0 Å². The normalized spacial score (nSPS) is 11.1. The van der Waals surface area contributed by atoms with Crippen LogP contribution in [0.5, 0.6) is 5.75 Å². The van der Waals surface area contributed by atoms with Crippen molar-refractivity contribution in [1.29, 1.82) is 0 Å². The number of hydrogen-bond acceptors (Lipinski definition) is 3. The second-order valence-corrected chi connectivity index (χ2v) is 3.82. The number of phenolic OH excluding ortho intramolecular Hbond substituents is 1. The molecule has 5 nitrogen and oxygen atoms in total. The molecule has 0 unspecified atom stereocenters. The number of nitrogens with one attached hydrogen (secondary N) is 2. The number of aromatic nitrogens is 2. The first-order chi connectivity index (χ1) is 8.19. The van der Waals surface area contributed by atoms with E-state index >= 15 is 0 Å². The maximum atomic E-state index is 11.4. The number of ether oxygens (including phenoxy) is 1. The van der Waals surface area contributed by atoms with Gasteiger partial charge < -0.3 is 19.8 Å². The summed E-state index contributed by atoms with van der Waals surface area (Å²) in [6.45, 7) is 0. The summed E-state index contributed by atoms with van der Waals surface area (Å²) in [6, 6.07) is 6.76. The van der Waals surface area contributed by atoms with E-state index < -0.39 is 5.97 Å². The Morgan fingerprint density at radius 2 is 2.06 bits per heavy atom. The first-order valence-corrected chi connectivity index (χ1v) is 5.11. The number of rotatable bonds is 1. The molecule has 3 N–H and O–H groups in total. The number of aromatic hydroxyl groups is 1. The minimum Gasteiger partial charge on any atom is -0.508 e. The van der Waals surface area contributed by atoms with Crippen LogP contribution in [0.25, 0.3) is 21.9 Å². The van der Waals surface area contributed by atoms with Gasteiger partial charge in [0.1, 0.15) is 17.1 Å². The summed E-state index contributed by atoms with van der Waals surface area (Å²) in [5.41, 5.74) is 2.03. The van der Waals surface area contributed by atoms with E-state index in [1.165, 1.54) is 7.11 Å². The van der Waals surface area contributed by atoms with Crippen molar-refractivity contribution in [3.05, 3.63) is 30.0 Å². The molecule has 1 aromatic carbocycles. The third kappa shape index (κ3) is 1.36. The van der Waals surface area contributed by atoms with Crippen LogP contribution in [0.4, 0.5) is 0 Å². The van der Waals surface area contributed by atoms with Gasteiger partial charge in [-0.1, -0.05) is 0 Å². The van der Waals surface area contributed by atoms with E-state index in [0.29, 0.717) is 5.69 Å². The zero-order valence-corrected chi connectivity index (χ0v) is 9.07. The zero-order chi connectivity index (χ0) is 12.0. The Kier molecular flexibility index (Phi) is 1.89. The first kappa shape index (κ1) is 9.77. The van der Waals surface area contributed by atoms with Gasteiger partial charge in [-0.2, -0.15) is 0 Å². The second kappa shape index (κ2) is 3.28. The van der Waals surface area contributed by atoms with Gasteiger partial charge in [-0.25, -0.2) is 4.79 Å². The number of fused-ring (bicyclic) bond motifs is 3. The molecule has 0 bridgehead atoms. The highest BCUT2D eigenvalue weighted by Gasteiger charge is 2.13. The second-order valence-electron chi connectivity index (χ2n) is 3.82. The number of phenols is 1. The summed E-state index contributed by atoms with van der Waals surface area (Å²) < 4.78 is 4.64. The van der Waals surface area contributed by atoms with Gasteiger partial charge in [0.15, 0.2) is 0 Å². The molecule has 17 heavy (non-hydrogen) atoms. The van der Waals surface area contributed by atoms with Crippen molar-refractivity contribution in [2.75, 3.05) is 7.11 Å². The monoisotopic (exact) mass is 230 g/mol.